The number of carbonyl (C=O) groups is 1. The van der Waals surface area contributed by atoms with Gasteiger partial charge in [0.2, 0.25) is 0 Å². The van der Waals surface area contributed by atoms with Crippen LogP contribution in [-0.4, -0.2) is 38.5 Å². The van der Waals surface area contributed by atoms with Crippen LogP contribution in [0, 0.1) is 0 Å². The predicted molar refractivity (Wildman–Crippen MR) is 112 cm³/mol. The van der Waals surface area contributed by atoms with E-state index in [9.17, 15) is 4.79 Å². The minimum atomic E-state index is -0.613. The summed E-state index contributed by atoms with van der Waals surface area (Å²) in [5.41, 5.74) is 1.48. The van der Waals surface area contributed by atoms with Gasteiger partial charge >= 0.3 is 6.09 Å². The first kappa shape index (κ1) is 21.4. The molecule has 30 heavy (non-hydrogen) atoms. The number of tetrazole rings is 1. The third-order valence-corrected chi connectivity index (χ3v) is 4.03. The van der Waals surface area contributed by atoms with Gasteiger partial charge in [-0.15, -0.1) is 10.2 Å². The van der Waals surface area contributed by atoms with E-state index >= 15 is 0 Å². The topological polar surface area (TPSA) is 91.2 Å². The molecule has 158 valence electrons. The Bertz CT molecular complexity index is 923. The summed E-state index contributed by atoms with van der Waals surface area (Å²) in [6, 6.07) is 19.1. The molecule has 2 aromatic carbocycles. The minimum Gasteiger partial charge on any atom is -0.444 e. The van der Waals surface area contributed by atoms with Crippen molar-refractivity contribution < 1.29 is 14.3 Å². The highest BCUT2D eigenvalue weighted by Crippen LogP contribution is 2.13. The van der Waals surface area contributed by atoms with Gasteiger partial charge in [-0.2, -0.15) is 4.80 Å². The average Bonchev–Trinajstić information content (AvgIpc) is 3.16. The highest BCUT2D eigenvalue weighted by molar-refractivity contribution is 5.68. The molecule has 0 aliphatic rings. The summed E-state index contributed by atoms with van der Waals surface area (Å²) < 4.78 is 11.2. The van der Waals surface area contributed by atoms with Gasteiger partial charge in [-0.3, -0.25) is 0 Å². The van der Waals surface area contributed by atoms with Crippen LogP contribution < -0.4 is 5.32 Å². The molecule has 0 saturated heterocycles. The summed E-state index contributed by atoms with van der Waals surface area (Å²) in [5.74, 6) is 0.366. The van der Waals surface area contributed by atoms with E-state index < -0.39 is 17.7 Å². The monoisotopic (exact) mass is 409 g/mol. The molecule has 8 heteroatoms. The van der Waals surface area contributed by atoms with Crippen LogP contribution in [0.3, 0.4) is 0 Å². The summed E-state index contributed by atoms with van der Waals surface area (Å²) in [5, 5.41) is 15.4. The fraction of sp³-hybridized carbons (Fsp3) is 0.364. The number of carbonyl (C=O) groups excluding carboxylic acids is 1. The Morgan fingerprint density at radius 3 is 2.30 bits per heavy atom. The molecule has 3 aromatic rings. The maximum atomic E-state index is 12.3. The van der Waals surface area contributed by atoms with Gasteiger partial charge in [0.05, 0.1) is 19.8 Å². The summed E-state index contributed by atoms with van der Waals surface area (Å²) >= 11 is 0. The van der Waals surface area contributed by atoms with Crippen LogP contribution >= 0.6 is 0 Å². The van der Waals surface area contributed by atoms with Crippen LogP contribution in [0.2, 0.25) is 0 Å². The van der Waals surface area contributed by atoms with E-state index in [1.807, 2.05) is 81.4 Å². The molecule has 0 radical (unpaired) electrons. The fourth-order valence-corrected chi connectivity index (χ4v) is 2.71. The second kappa shape index (κ2) is 9.98. The highest BCUT2D eigenvalue weighted by atomic mass is 16.6. The zero-order chi connectivity index (χ0) is 21.4. The molecule has 0 aliphatic carbocycles. The van der Waals surface area contributed by atoms with Crippen molar-refractivity contribution in [1.82, 2.24) is 25.5 Å². The zero-order valence-electron chi connectivity index (χ0n) is 17.5. The molecular formula is C22H27N5O3. The van der Waals surface area contributed by atoms with Crippen LogP contribution in [0.4, 0.5) is 4.79 Å². The number of ether oxygens (including phenoxy) is 2. The summed E-state index contributed by atoms with van der Waals surface area (Å²) in [6.07, 6.45) is -0.560. The number of benzene rings is 2. The number of hydrogen-bond acceptors (Lipinski definition) is 6. The molecule has 1 amide bonds. The van der Waals surface area contributed by atoms with Gasteiger partial charge in [-0.25, -0.2) is 4.79 Å². The smallest absolute Gasteiger partial charge is 0.408 e. The van der Waals surface area contributed by atoms with E-state index in [0.717, 1.165) is 11.1 Å². The molecule has 0 fully saturated rings. The normalized spacial score (nSPS) is 12.4. The number of alkyl carbamates (subject to hydrolysis) is 1. The third-order valence-electron chi connectivity index (χ3n) is 4.03. The van der Waals surface area contributed by atoms with Crippen LogP contribution in [0.5, 0.6) is 0 Å². The standard InChI is InChI=1S/C22H27N5O3/c1-22(2,3)30-21(28)23-19(16-29-15-18-12-8-5-9-13-18)20-24-26-27(25-20)14-17-10-6-4-7-11-17/h4-13,19H,14-16H2,1-3H3,(H,23,28)/t19-/m1/s1. The van der Waals surface area contributed by atoms with Crippen molar-refractivity contribution in [2.24, 2.45) is 0 Å². The minimum absolute atomic E-state index is 0.186. The molecule has 1 heterocycles. The first-order chi connectivity index (χ1) is 14.4. The van der Waals surface area contributed by atoms with Gasteiger partial charge in [-0.05, 0) is 37.1 Å². The van der Waals surface area contributed by atoms with E-state index in [4.69, 9.17) is 9.47 Å². The second-order valence-electron chi connectivity index (χ2n) is 7.86. The Hall–Kier alpha value is -3.26. The van der Waals surface area contributed by atoms with Gasteiger partial charge in [-0.1, -0.05) is 60.7 Å². The lowest BCUT2D eigenvalue weighted by molar-refractivity contribution is 0.0420. The maximum Gasteiger partial charge on any atom is 0.408 e. The molecule has 8 nitrogen and oxygen atoms in total. The first-order valence-corrected chi connectivity index (χ1v) is 9.82. The number of amides is 1. The SMILES string of the molecule is CC(C)(C)OC(=O)N[C@H](COCc1ccccc1)c1nnn(Cc2ccccc2)n1. The summed E-state index contributed by atoms with van der Waals surface area (Å²) in [7, 11) is 0. The van der Waals surface area contributed by atoms with E-state index in [1.54, 1.807) is 0 Å². The molecule has 1 atom stereocenters. The first-order valence-electron chi connectivity index (χ1n) is 9.82. The number of aromatic nitrogens is 4. The van der Waals surface area contributed by atoms with Gasteiger partial charge in [0.15, 0.2) is 5.82 Å². The average molecular weight is 409 g/mol. The van der Waals surface area contributed by atoms with Crippen LogP contribution in [0.1, 0.15) is 43.8 Å². The summed E-state index contributed by atoms with van der Waals surface area (Å²) in [6.45, 7) is 6.50. The quantitative estimate of drug-likeness (QED) is 0.612. The van der Waals surface area contributed by atoms with Gasteiger partial charge < -0.3 is 14.8 Å². The molecule has 0 unspecified atom stereocenters. The van der Waals surface area contributed by atoms with Crippen molar-refractivity contribution in [3.63, 3.8) is 0 Å². The Morgan fingerprint density at radius 2 is 1.67 bits per heavy atom. The number of nitrogens with one attached hydrogen (secondary N) is 1. The molecule has 0 bridgehead atoms. The third kappa shape index (κ3) is 6.97. The molecule has 0 spiro atoms. The number of rotatable bonds is 8. The molecule has 1 aromatic heterocycles. The lowest BCUT2D eigenvalue weighted by Gasteiger charge is -2.22. The number of hydrogen-bond donors (Lipinski definition) is 1. The summed E-state index contributed by atoms with van der Waals surface area (Å²) in [4.78, 5) is 13.8. The highest BCUT2D eigenvalue weighted by Gasteiger charge is 2.24. The molecule has 3 rings (SSSR count). The molecular weight excluding hydrogens is 382 g/mol. The second-order valence-corrected chi connectivity index (χ2v) is 7.86. The zero-order valence-corrected chi connectivity index (χ0v) is 17.5. The van der Waals surface area contributed by atoms with Crippen molar-refractivity contribution in [2.45, 2.75) is 45.6 Å². The lowest BCUT2D eigenvalue weighted by Crippen LogP contribution is -2.37. The molecule has 0 saturated carbocycles. The van der Waals surface area contributed by atoms with Crippen molar-refractivity contribution in [2.75, 3.05) is 6.61 Å². The molecule has 1 N–H and O–H groups in total. The van der Waals surface area contributed by atoms with E-state index in [1.165, 1.54) is 4.80 Å². The van der Waals surface area contributed by atoms with Crippen LogP contribution in [0.15, 0.2) is 60.7 Å². The van der Waals surface area contributed by atoms with Crippen molar-refractivity contribution in [3.8, 4) is 0 Å². The van der Waals surface area contributed by atoms with E-state index in [0.29, 0.717) is 19.0 Å². The van der Waals surface area contributed by atoms with Gasteiger partial charge in [0.1, 0.15) is 11.6 Å². The number of nitrogens with zero attached hydrogens (tertiary/aromatic N) is 4. The Balaban J connectivity index is 1.67. The predicted octanol–water partition coefficient (Wildman–Crippen LogP) is 3.50. The van der Waals surface area contributed by atoms with Crippen LogP contribution in [0.25, 0.3) is 0 Å². The Kier molecular flexibility index (Phi) is 7.13. The van der Waals surface area contributed by atoms with E-state index in [2.05, 4.69) is 20.7 Å². The van der Waals surface area contributed by atoms with Crippen LogP contribution in [-0.2, 0) is 22.6 Å². The van der Waals surface area contributed by atoms with Gasteiger partial charge in [0, 0.05) is 0 Å². The lowest BCUT2D eigenvalue weighted by atomic mass is 10.2. The molecule has 0 aliphatic heterocycles. The maximum absolute atomic E-state index is 12.3. The fourth-order valence-electron chi connectivity index (χ4n) is 2.71. The Labute approximate surface area is 176 Å². The van der Waals surface area contributed by atoms with E-state index in [-0.39, 0.29) is 6.61 Å². The van der Waals surface area contributed by atoms with Crippen molar-refractivity contribution >= 4 is 6.09 Å². The largest absolute Gasteiger partial charge is 0.444 e. The Morgan fingerprint density at radius 1 is 1.03 bits per heavy atom. The van der Waals surface area contributed by atoms with Crippen molar-refractivity contribution in [1.29, 1.82) is 0 Å². The van der Waals surface area contributed by atoms with Crippen molar-refractivity contribution in [3.05, 3.63) is 77.6 Å². The van der Waals surface area contributed by atoms with Gasteiger partial charge in [0.25, 0.3) is 0 Å².